The lowest BCUT2D eigenvalue weighted by molar-refractivity contribution is 0.117. The van der Waals surface area contributed by atoms with E-state index in [2.05, 4.69) is 31.3 Å². The first-order valence-corrected chi connectivity index (χ1v) is 7.19. The molecule has 2 nitrogen and oxygen atoms in total. The molecule has 1 aliphatic heterocycles. The van der Waals surface area contributed by atoms with Crippen molar-refractivity contribution in [2.75, 3.05) is 13.2 Å². The predicted octanol–water partition coefficient (Wildman–Crippen LogP) is 3.81. The summed E-state index contributed by atoms with van der Waals surface area (Å²) < 4.78 is 5.70. The molecule has 2 rings (SSSR count). The summed E-state index contributed by atoms with van der Waals surface area (Å²) in [7, 11) is 0. The molecule has 0 bridgehead atoms. The Morgan fingerprint density at radius 1 is 1.44 bits per heavy atom. The lowest BCUT2D eigenvalue weighted by Gasteiger charge is -2.25. The Labute approximate surface area is 115 Å². The second-order valence-corrected chi connectivity index (χ2v) is 5.50. The maximum absolute atomic E-state index is 6.33. The molecular weight excluding hydrogens is 246 g/mol. The third kappa shape index (κ3) is 3.25. The van der Waals surface area contributed by atoms with E-state index in [1.54, 1.807) is 0 Å². The molecule has 1 saturated heterocycles. The Bertz CT molecular complexity index is 383. The number of nitrogens with one attached hydrogen (secondary N) is 1. The van der Waals surface area contributed by atoms with Crippen LogP contribution in [0.2, 0.25) is 5.02 Å². The second kappa shape index (κ2) is 6.55. The summed E-state index contributed by atoms with van der Waals surface area (Å²) in [6.07, 6.45) is 2.60. The molecule has 0 amide bonds. The number of benzene rings is 1. The van der Waals surface area contributed by atoms with Crippen molar-refractivity contribution in [2.24, 2.45) is 5.92 Å². The Hall–Kier alpha value is -0.570. The Kier molecular flexibility index (Phi) is 5.04. The third-order valence-electron chi connectivity index (χ3n) is 3.56. The molecule has 3 unspecified atom stereocenters. The molecule has 18 heavy (non-hydrogen) atoms. The fraction of sp³-hybridized carbons (Fsp3) is 0.600. The molecule has 3 atom stereocenters. The van der Waals surface area contributed by atoms with Gasteiger partial charge in [-0.15, -0.1) is 0 Å². The SMILES string of the molecule is CCCNC(c1ccccc1Cl)C1COC(C)C1. The molecule has 1 aromatic rings. The van der Waals surface area contributed by atoms with Gasteiger partial charge in [-0.25, -0.2) is 0 Å². The van der Waals surface area contributed by atoms with Crippen molar-refractivity contribution in [3.63, 3.8) is 0 Å². The Morgan fingerprint density at radius 2 is 2.22 bits per heavy atom. The zero-order chi connectivity index (χ0) is 13.0. The average Bonchev–Trinajstić information content (AvgIpc) is 2.78. The quantitative estimate of drug-likeness (QED) is 0.876. The van der Waals surface area contributed by atoms with Crippen molar-refractivity contribution >= 4 is 11.6 Å². The molecule has 0 radical (unpaired) electrons. The van der Waals surface area contributed by atoms with Gasteiger partial charge in [0.15, 0.2) is 0 Å². The van der Waals surface area contributed by atoms with Crippen LogP contribution in [0.15, 0.2) is 24.3 Å². The molecule has 1 fully saturated rings. The first-order valence-electron chi connectivity index (χ1n) is 6.81. The molecule has 1 aromatic carbocycles. The van der Waals surface area contributed by atoms with Gasteiger partial charge >= 0.3 is 0 Å². The van der Waals surface area contributed by atoms with Gasteiger partial charge in [-0.05, 0) is 37.9 Å². The van der Waals surface area contributed by atoms with Crippen molar-refractivity contribution < 1.29 is 4.74 Å². The summed E-state index contributed by atoms with van der Waals surface area (Å²) in [5.74, 6) is 0.520. The summed E-state index contributed by atoms with van der Waals surface area (Å²) in [6, 6.07) is 8.44. The summed E-state index contributed by atoms with van der Waals surface area (Å²) in [5, 5.41) is 4.48. The largest absolute Gasteiger partial charge is 0.378 e. The van der Waals surface area contributed by atoms with Gasteiger partial charge < -0.3 is 10.1 Å². The van der Waals surface area contributed by atoms with E-state index in [1.165, 1.54) is 5.56 Å². The molecule has 1 aliphatic rings. The van der Waals surface area contributed by atoms with Crippen LogP contribution in [0.3, 0.4) is 0 Å². The van der Waals surface area contributed by atoms with Gasteiger partial charge in [0, 0.05) is 17.0 Å². The van der Waals surface area contributed by atoms with E-state index < -0.39 is 0 Å². The minimum Gasteiger partial charge on any atom is -0.378 e. The first-order chi connectivity index (χ1) is 8.72. The molecule has 1 N–H and O–H groups in total. The van der Waals surface area contributed by atoms with Crippen LogP contribution >= 0.6 is 11.6 Å². The summed E-state index contributed by atoms with van der Waals surface area (Å²) in [5.41, 5.74) is 1.20. The van der Waals surface area contributed by atoms with Crippen molar-refractivity contribution in [1.82, 2.24) is 5.32 Å². The highest BCUT2D eigenvalue weighted by atomic mass is 35.5. The van der Waals surface area contributed by atoms with Crippen LogP contribution in [0.5, 0.6) is 0 Å². The van der Waals surface area contributed by atoms with Crippen molar-refractivity contribution in [1.29, 1.82) is 0 Å². The summed E-state index contributed by atoms with van der Waals surface area (Å²) >= 11 is 6.33. The highest BCUT2D eigenvalue weighted by Crippen LogP contribution is 2.34. The maximum atomic E-state index is 6.33. The molecule has 0 saturated carbocycles. The number of rotatable bonds is 5. The maximum Gasteiger partial charge on any atom is 0.0551 e. The van der Waals surface area contributed by atoms with Gasteiger partial charge in [0.05, 0.1) is 12.7 Å². The zero-order valence-electron chi connectivity index (χ0n) is 11.2. The monoisotopic (exact) mass is 267 g/mol. The standard InChI is InChI=1S/C15H22ClNO/c1-3-8-17-15(12-9-11(2)18-10-12)13-6-4-5-7-14(13)16/h4-7,11-12,15,17H,3,8-10H2,1-2H3. The van der Waals surface area contributed by atoms with Crippen LogP contribution in [-0.2, 0) is 4.74 Å². The topological polar surface area (TPSA) is 21.3 Å². The van der Waals surface area contributed by atoms with E-state index in [4.69, 9.17) is 16.3 Å². The number of halogens is 1. The van der Waals surface area contributed by atoms with Gasteiger partial charge in [0.25, 0.3) is 0 Å². The Morgan fingerprint density at radius 3 is 2.83 bits per heavy atom. The predicted molar refractivity (Wildman–Crippen MR) is 76.0 cm³/mol. The van der Waals surface area contributed by atoms with Crippen LogP contribution in [0, 0.1) is 5.92 Å². The lowest BCUT2D eigenvalue weighted by atomic mass is 9.91. The number of ether oxygens (including phenoxy) is 1. The smallest absolute Gasteiger partial charge is 0.0551 e. The van der Waals surface area contributed by atoms with Gasteiger partial charge in [-0.1, -0.05) is 36.7 Å². The number of hydrogen-bond acceptors (Lipinski definition) is 2. The molecule has 0 aliphatic carbocycles. The van der Waals surface area contributed by atoms with E-state index in [-0.39, 0.29) is 0 Å². The van der Waals surface area contributed by atoms with Crippen LogP contribution in [-0.4, -0.2) is 19.3 Å². The van der Waals surface area contributed by atoms with Crippen molar-refractivity contribution in [2.45, 2.75) is 38.8 Å². The van der Waals surface area contributed by atoms with Crippen LogP contribution in [0.25, 0.3) is 0 Å². The van der Waals surface area contributed by atoms with Gasteiger partial charge in [0.1, 0.15) is 0 Å². The third-order valence-corrected chi connectivity index (χ3v) is 3.90. The minimum atomic E-state index is 0.309. The highest BCUT2D eigenvalue weighted by molar-refractivity contribution is 6.31. The summed E-state index contributed by atoms with van der Waals surface area (Å²) in [4.78, 5) is 0. The normalized spacial score (nSPS) is 25.3. The van der Waals surface area contributed by atoms with Crippen LogP contribution in [0.4, 0.5) is 0 Å². The van der Waals surface area contributed by atoms with Crippen molar-refractivity contribution in [3.05, 3.63) is 34.9 Å². The molecular formula is C15H22ClNO. The van der Waals surface area contributed by atoms with Crippen LogP contribution < -0.4 is 5.32 Å². The molecule has 3 heteroatoms. The van der Waals surface area contributed by atoms with E-state index in [1.807, 2.05) is 12.1 Å². The van der Waals surface area contributed by atoms with Gasteiger partial charge in [-0.3, -0.25) is 0 Å². The molecule has 100 valence electrons. The minimum absolute atomic E-state index is 0.309. The highest BCUT2D eigenvalue weighted by Gasteiger charge is 2.31. The van der Waals surface area contributed by atoms with Crippen molar-refractivity contribution in [3.8, 4) is 0 Å². The molecule has 1 heterocycles. The van der Waals surface area contributed by atoms with E-state index in [9.17, 15) is 0 Å². The second-order valence-electron chi connectivity index (χ2n) is 5.09. The lowest BCUT2D eigenvalue weighted by Crippen LogP contribution is -2.29. The van der Waals surface area contributed by atoms with Crippen LogP contribution in [0.1, 0.15) is 38.3 Å². The fourth-order valence-corrected chi connectivity index (χ4v) is 2.89. The number of hydrogen-bond donors (Lipinski definition) is 1. The molecule has 0 spiro atoms. The Balaban J connectivity index is 2.17. The van der Waals surface area contributed by atoms with Gasteiger partial charge in [0.2, 0.25) is 0 Å². The average molecular weight is 268 g/mol. The fourth-order valence-electron chi connectivity index (χ4n) is 2.64. The first kappa shape index (κ1) is 13.9. The van der Waals surface area contributed by atoms with Gasteiger partial charge in [-0.2, -0.15) is 0 Å². The molecule has 0 aromatic heterocycles. The summed E-state index contributed by atoms with van der Waals surface area (Å²) in [6.45, 7) is 6.17. The van der Waals surface area contributed by atoms with E-state index in [0.717, 1.165) is 31.0 Å². The zero-order valence-corrected chi connectivity index (χ0v) is 11.9. The van der Waals surface area contributed by atoms with E-state index in [0.29, 0.717) is 18.1 Å². The van der Waals surface area contributed by atoms with E-state index >= 15 is 0 Å².